The van der Waals surface area contributed by atoms with E-state index < -0.39 is 0 Å². The summed E-state index contributed by atoms with van der Waals surface area (Å²) in [6, 6.07) is 13.0. The van der Waals surface area contributed by atoms with Crippen molar-refractivity contribution in [2.75, 3.05) is 22.6 Å². The van der Waals surface area contributed by atoms with Gasteiger partial charge in [0.2, 0.25) is 5.91 Å². The van der Waals surface area contributed by atoms with Gasteiger partial charge < -0.3 is 14.6 Å². The number of aryl methyl sites for hydroxylation is 2. The molecule has 1 aliphatic heterocycles. The summed E-state index contributed by atoms with van der Waals surface area (Å²) in [7, 11) is 1.84. The smallest absolute Gasteiger partial charge is 0.265 e. The number of rotatable bonds is 6. The summed E-state index contributed by atoms with van der Waals surface area (Å²) >= 11 is 1.30. The van der Waals surface area contributed by atoms with Crippen molar-refractivity contribution in [2.24, 2.45) is 7.05 Å². The number of amides is 2. The number of carbonyl (C=O) groups is 2. The molecule has 4 rings (SSSR count). The summed E-state index contributed by atoms with van der Waals surface area (Å²) in [6.45, 7) is 5.89. The average Bonchev–Trinajstić information content (AvgIpc) is 3.11. The van der Waals surface area contributed by atoms with Gasteiger partial charge in [0, 0.05) is 12.7 Å². The van der Waals surface area contributed by atoms with Gasteiger partial charge in [-0.1, -0.05) is 30.0 Å². The summed E-state index contributed by atoms with van der Waals surface area (Å²) in [5, 5.41) is 12.1. The fourth-order valence-corrected chi connectivity index (χ4v) is 4.57. The summed E-state index contributed by atoms with van der Waals surface area (Å²) < 4.78 is 7.36. The molecule has 0 fully saturated rings. The molecular formula is C23H25N5O3S. The van der Waals surface area contributed by atoms with Crippen LogP contribution in [0.25, 0.3) is 0 Å². The first-order valence-electron chi connectivity index (χ1n) is 10.3. The first kappa shape index (κ1) is 21.9. The molecule has 0 saturated carbocycles. The first-order valence-corrected chi connectivity index (χ1v) is 11.3. The lowest BCUT2D eigenvalue weighted by Gasteiger charge is -2.33. The highest BCUT2D eigenvalue weighted by Crippen LogP contribution is 2.37. The van der Waals surface area contributed by atoms with E-state index in [-0.39, 0.29) is 30.2 Å². The molecule has 3 aromatic rings. The average molecular weight is 452 g/mol. The molecular weight excluding hydrogens is 426 g/mol. The Labute approximate surface area is 191 Å². The van der Waals surface area contributed by atoms with Gasteiger partial charge in [0.15, 0.2) is 17.6 Å². The lowest BCUT2D eigenvalue weighted by atomic mass is 10.1. The second kappa shape index (κ2) is 9.04. The fourth-order valence-electron chi connectivity index (χ4n) is 3.85. The maximum absolute atomic E-state index is 12.6. The molecule has 1 aliphatic rings. The van der Waals surface area contributed by atoms with E-state index in [2.05, 4.69) is 21.6 Å². The molecule has 0 unspecified atom stereocenters. The normalized spacial score (nSPS) is 14.0. The zero-order valence-corrected chi connectivity index (χ0v) is 19.3. The molecule has 32 heavy (non-hydrogen) atoms. The minimum atomic E-state index is -0.344. The van der Waals surface area contributed by atoms with Gasteiger partial charge in [-0.05, 0) is 56.2 Å². The maximum Gasteiger partial charge on any atom is 0.265 e. The van der Waals surface area contributed by atoms with E-state index in [1.54, 1.807) is 4.90 Å². The molecule has 2 heterocycles. The van der Waals surface area contributed by atoms with Crippen LogP contribution in [0.15, 0.2) is 47.6 Å². The van der Waals surface area contributed by atoms with Crippen LogP contribution in [0.5, 0.6) is 5.75 Å². The topological polar surface area (TPSA) is 89.3 Å². The van der Waals surface area contributed by atoms with Gasteiger partial charge in [-0.3, -0.25) is 14.5 Å². The number of thioether (sulfide) groups is 1. The number of aromatic nitrogens is 3. The van der Waals surface area contributed by atoms with Crippen molar-refractivity contribution >= 4 is 35.0 Å². The van der Waals surface area contributed by atoms with Crippen molar-refractivity contribution in [3.05, 3.63) is 59.4 Å². The van der Waals surface area contributed by atoms with Crippen LogP contribution >= 0.6 is 11.8 Å². The van der Waals surface area contributed by atoms with Gasteiger partial charge in [-0.25, -0.2) is 0 Å². The van der Waals surface area contributed by atoms with E-state index in [1.165, 1.54) is 11.8 Å². The Morgan fingerprint density at radius 3 is 2.66 bits per heavy atom. The number of nitrogens with zero attached hydrogens (tertiary/aromatic N) is 4. The molecule has 0 aliphatic carbocycles. The zero-order valence-electron chi connectivity index (χ0n) is 18.5. The van der Waals surface area contributed by atoms with Gasteiger partial charge in [-0.15, -0.1) is 10.2 Å². The maximum atomic E-state index is 12.6. The monoisotopic (exact) mass is 451 g/mol. The van der Waals surface area contributed by atoms with Crippen LogP contribution in [0, 0.1) is 13.8 Å². The van der Waals surface area contributed by atoms with Crippen LogP contribution in [0.4, 0.5) is 11.4 Å². The third-order valence-electron chi connectivity index (χ3n) is 5.21. The summed E-state index contributed by atoms with van der Waals surface area (Å²) in [6.07, 6.45) is 0. The second-order valence-corrected chi connectivity index (χ2v) is 8.75. The number of nitrogens with one attached hydrogen (secondary N) is 1. The number of hydrogen-bond donors (Lipinski definition) is 1. The fraction of sp³-hybridized carbons (Fsp3) is 0.304. The van der Waals surface area contributed by atoms with Crippen molar-refractivity contribution < 1.29 is 14.3 Å². The Kier molecular flexibility index (Phi) is 6.18. The number of ether oxygens (including phenoxy) is 1. The van der Waals surface area contributed by atoms with Gasteiger partial charge >= 0.3 is 0 Å². The van der Waals surface area contributed by atoms with Crippen LogP contribution in [-0.4, -0.2) is 38.9 Å². The molecule has 0 radical (unpaired) electrons. The highest BCUT2D eigenvalue weighted by atomic mass is 32.2. The standard InChI is InChI=1S/C23H25N5O3S/c1-14-9-15(2)11-17(10-14)24-20(29)13-32-23-26-25-22(27(23)4)16(3)28-18-7-5-6-8-19(18)31-12-21(28)30/h5-11,16H,12-13H2,1-4H3,(H,24,29)/t16-/m1/s1. The molecule has 0 saturated heterocycles. The lowest BCUT2D eigenvalue weighted by Crippen LogP contribution is -2.41. The number of hydrogen-bond acceptors (Lipinski definition) is 6. The molecule has 1 N–H and O–H groups in total. The van der Waals surface area contributed by atoms with Gasteiger partial charge in [0.1, 0.15) is 5.75 Å². The quantitative estimate of drug-likeness (QED) is 0.576. The van der Waals surface area contributed by atoms with E-state index in [0.717, 1.165) is 16.8 Å². The van der Waals surface area contributed by atoms with E-state index in [9.17, 15) is 9.59 Å². The number of anilines is 2. The molecule has 9 heteroatoms. The third-order valence-corrected chi connectivity index (χ3v) is 6.23. The van der Waals surface area contributed by atoms with Gasteiger partial charge in [-0.2, -0.15) is 0 Å². The van der Waals surface area contributed by atoms with E-state index in [4.69, 9.17) is 4.74 Å². The van der Waals surface area contributed by atoms with Crippen molar-refractivity contribution in [1.29, 1.82) is 0 Å². The SMILES string of the molecule is Cc1cc(C)cc(NC(=O)CSc2nnc([C@@H](C)N3C(=O)COc4ccccc43)n2C)c1. The number of carbonyl (C=O) groups excluding carboxylic acids is 2. The molecule has 166 valence electrons. The largest absolute Gasteiger partial charge is 0.482 e. The molecule has 2 aromatic carbocycles. The van der Waals surface area contributed by atoms with Crippen molar-refractivity contribution in [3.8, 4) is 5.75 Å². The number of fused-ring (bicyclic) bond motifs is 1. The molecule has 0 bridgehead atoms. The molecule has 2 amide bonds. The predicted molar refractivity (Wildman–Crippen MR) is 124 cm³/mol. The van der Waals surface area contributed by atoms with Crippen molar-refractivity contribution in [3.63, 3.8) is 0 Å². The highest BCUT2D eigenvalue weighted by Gasteiger charge is 2.32. The molecule has 1 atom stereocenters. The Balaban J connectivity index is 1.45. The van der Waals surface area contributed by atoms with E-state index in [1.807, 2.05) is 68.8 Å². The van der Waals surface area contributed by atoms with Crippen molar-refractivity contribution in [1.82, 2.24) is 14.8 Å². The summed E-state index contributed by atoms with van der Waals surface area (Å²) in [5.41, 5.74) is 3.68. The minimum Gasteiger partial charge on any atom is -0.482 e. The van der Waals surface area contributed by atoms with Gasteiger partial charge in [0.25, 0.3) is 5.91 Å². The van der Waals surface area contributed by atoms with Crippen LogP contribution in [0.2, 0.25) is 0 Å². The van der Waals surface area contributed by atoms with Crippen LogP contribution in [-0.2, 0) is 16.6 Å². The van der Waals surface area contributed by atoms with Gasteiger partial charge in [0.05, 0.1) is 17.5 Å². The highest BCUT2D eigenvalue weighted by molar-refractivity contribution is 7.99. The third kappa shape index (κ3) is 4.47. The number of benzene rings is 2. The Hall–Kier alpha value is -3.33. The lowest BCUT2D eigenvalue weighted by molar-refractivity contribution is -0.121. The van der Waals surface area contributed by atoms with Crippen LogP contribution in [0.1, 0.15) is 29.9 Å². The van der Waals surface area contributed by atoms with Crippen molar-refractivity contribution in [2.45, 2.75) is 32.0 Å². The summed E-state index contributed by atoms with van der Waals surface area (Å²) in [5.74, 6) is 1.24. The molecule has 1 aromatic heterocycles. The Bertz CT molecular complexity index is 1160. The molecule has 8 nitrogen and oxygen atoms in total. The predicted octanol–water partition coefficient (Wildman–Crippen LogP) is 3.65. The second-order valence-electron chi connectivity index (χ2n) is 7.81. The van der Waals surface area contributed by atoms with E-state index in [0.29, 0.717) is 22.4 Å². The first-order chi connectivity index (χ1) is 15.3. The number of para-hydroxylation sites is 2. The molecule has 0 spiro atoms. The minimum absolute atomic E-state index is 0.0145. The zero-order chi connectivity index (χ0) is 22.8. The Morgan fingerprint density at radius 2 is 1.91 bits per heavy atom. The van der Waals surface area contributed by atoms with Crippen LogP contribution in [0.3, 0.4) is 0 Å². The summed E-state index contributed by atoms with van der Waals surface area (Å²) in [4.78, 5) is 26.7. The van der Waals surface area contributed by atoms with Crippen LogP contribution < -0.4 is 15.0 Å². The Morgan fingerprint density at radius 1 is 1.19 bits per heavy atom. The van der Waals surface area contributed by atoms with E-state index >= 15 is 0 Å².